The molecule has 0 spiro atoms. The summed E-state index contributed by atoms with van der Waals surface area (Å²) < 4.78 is 0. The SMILES string of the molecule is CCCCc1c[nH]c2ccccc12.N.N. The van der Waals surface area contributed by atoms with Crippen molar-refractivity contribution in [2.75, 3.05) is 0 Å². The highest BCUT2D eigenvalue weighted by molar-refractivity contribution is 5.82. The first kappa shape index (κ1) is 13.7. The number of aromatic amines is 1. The van der Waals surface area contributed by atoms with Gasteiger partial charge in [-0.25, -0.2) is 0 Å². The molecule has 3 nitrogen and oxygen atoms in total. The van der Waals surface area contributed by atoms with Crippen LogP contribution in [-0.2, 0) is 6.42 Å². The van der Waals surface area contributed by atoms with Gasteiger partial charge in [0, 0.05) is 17.1 Å². The molecule has 1 aromatic heterocycles. The monoisotopic (exact) mass is 207 g/mol. The molecule has 0 aliphatic carbocycles. The van der Waals surface area contributed by atoms with Gasteiger partial charge >= 0.3 is 0 Å². The molecule has 84 valence electrons. The van der Waals surface area contributed by atoms with Crippen molar-refractivity contribution in [3.63, 3.8) is 0 Å². The fraction of sp³-hybridized carbons (Fsp3) is 0.333. The van der Waals surface area contributed by atoms with Crippen LogP contribution in [0.3, 0.4) is 0 Å². The zero-order chi connectivity index (χ0) is 9.10. The van der Waals surface area contributed by atoms with E-state index in [0.717, 1.165) is 0 Å². The van der Waals surface area contributed by atoms with Gasteiger partial charge in [0.05, 0.1) is 0 Å². The molecule has 1 aromatic carbocycles. The number of para-hydroxylation sites is 1. The predicted octanol–water partition coefficient (Wildman–Crippen LogP) is 3.83. The molecule has 2 rings (SSSR count). The summed E-state index contributed by atoms with van der Waals surface area (Å²) >= 11 is 0. The number of aryl methyl sites for hydroxylation is 1. The molecule has 0 atom stereocenters. The van der Waals surface area contributed by atoms with E-state index >= 15 is 0 Å². The van der Waals surface area contributed by atoms with Crippen molar-refractivity contribution in [2.24, 2.45) is 0 Å². The lowest BCUT2D eigenvalue weighted by molar-refractivity contribution is 0.799. The van der Waals surface area contributed by atoms with Crippen LogP contribution < -0.4 is 12.3 Å². The van der Waals surface area contributed by atoms with Gasteiger partial charge in [-0.05, 0) is 24.5 Å². The van der Waals surface area contributed by atoms with Crippen LogP contribution in [-0.4, -0.2) is 4.98 Å². The number of nitrogens with one attached hydrogen (secondary N) is 1. The van der Waals surface area contributed by atoms with E-state index < -0.39 is 0 Å². The number of hydrogen-bond acceptors (Lipinski definition) is 2. The quantitative estimate of drug-likeness (QED) is 0.714. The second kappa shape index (κ2) is 6.22. The van der Waals surface area contributed by atoms with E-state index in [2.05, 4.69) is 42.4 Å². The minimum Gasteiger partial charge on any atom is -0.361 e. The van der Waals surface area contributed by atoms with E-state index in [9.17, 15) is 0 Å². The number of fused-ring (bicyclic) bond motifs is 1. The first-order valence-electron chi connectivity index (χ1n) is 4.97. The Kier molecular flexibility index (Phi) is 5.67. The van der Waals surface area contributed by atoms with Crippen molar-refractivity contribution >= 4 is 10.9 Å². The van der Waals surface area contributed by atoms with Gasteiger partial charge in [-0.3, -0.25) is 0 Å². The molecule has 0 fully saturated rings. The van der Waals surface area contributed by atoms with Crippen LogP contribution >= 0.6 is 0 Å². The molecule has 1 heterocycles. The minimum absolute atomic E-state index is 0. The first-order valence-corrected chi connectivity index (χ1v) is 4.97. The lowest BCUT2D eigenvalue weighted by Crippen LogP contribution is -1.80. The molecule has 0 amide bonds. The van der Waals surface area contributed by atoms with Crippen molar-refractivity contribution in [1.82, 2.24) is 17.3 Å². The van der Waals surface area contributed by atoms with E-state index in [-0.39, 0.29) is 12.3 Å². The summed E-state index contributed by atoms with van der Waals surface area (Å²) in [7, 11) is 0. The fourth-order valence-corrected chi connectivity index (χ4v) is 1.71. The summed E-state index contributed by atoms with van der Waals surface area (Å²) in [5.74, 6) is 0. The zero-order valence-corrected chi connectivity index (χ0v) is 9.42. The van der Waals surface area contributed by atoms with Gasteiger partial charge < -0.3 is 17.3 Å². The first-order chi connectivity index (χ1) is 6.42. The molecule has 15 heavy (non-hydrogen) atoms. The number of aromatic nitrogens is 1. The molecule has 2 aromatic rings. The highest BCUT2D eigenvalue weighted by atomic mass is 14.7. The molecule has 0 radical (unpaired) electrons. The Balaban J connectivity index is 0.000000980. The standard InChI is InChI=1S/C12H15N.2H3N/c1-2-3-6-10-9-13-12-8-5-4-7-11(10)12;;/h4-5,7-9,13H,2-3,6H2,1H3;2*1H3. The smallest absolute Gasteiger partial charge is 0.0456 e. The predicted molar refractivity (Wildman–Crippen MR) is 67.0 cm³/mol. The van der Waals surface area contributed by atoms with Crippen molar-refractivity contribution in [3.8, 4) is 0 Å². The van der Waals surface area contributed by atoms with Gasteiger partial charge in [-0.1, -0.05) is 31.5 Å². The van der Waals surface area contributed by atoms with E-state index in [4.69, 9.17) is 0 Å². The molecule has 3 heteroatoms. The van der Waals surface area contributed by atoms with Crippen LogP contribution in [0.4, 0.5) is 0 Å². The van der Waals surface area contributed by atoms with Crippen molar-refractivity contribution < 1.29 is 0 Å². The van der Waals surface area contributed by atoms with Crippen LogP contribution in [0, 0.1) is 0 Å². The molecule has 0 aliphatic rings. The second-order valence-electron chi connectivity index (χ2n) is 3.46. The van der Waals surface area contributed by atoms with Crippen LogP contribution in [0.5, 0.6) is 0 Å². The number of rotatable bonds is 3. The molecule has 0 bridgehead atoms. The third-order valence-electron chi connectivity index (χ3n) is 2.47. The Hall–Kier alpha value is -1.32. The van der Waals surface area contributed by atoms with E-state index in [0.29, 0.717) is 0 Å². The van der Waals surface area contributed by atoms with Crippen molar-refractivity contribution in [3.05, 3.63) is 36.0 Å². The van der Waals surface area contributed by atoms with Gasteiger partial charge in [-0.2, -0.15) is 0 Å². The molecular formula is C12H21N3. The van der Waals surface area contributed by atoms with Crippen LogP contribution in [0.2, 0.25) is 0 Å². The van der Waals surface area contributed by atoms with Gasteiger partial charge in [0.1, 0.15) is 0 Å². The lowest BCUT2D eigenvalue weighted by Gasteiger charge is -1.95. The zero-order valence-electron chi connectivity index (χ0n) is 9.42. The average Bonchev–Trinajstić information content (AvgIpc) is 2.58. The Morgan fingerprint density at radius 3 is 2.60 bits per heavy atom. The van der Waals surface area contributed by atoms with E-state index in [1.54, 1.807) is 0 Å². The Labute approximate surface area is 91.1 Å². The van der Waals surface area contributed by atoms with E-state index in [1.807, 2.05) is 0 Å². The Morgan fingerprint density at radius 1 is 1.13 bits per heavy atom. The minimum atomic E-state index is 0. The van der Waals surface area contributed by atoms with Crippen LogP contribution in [0.25, 0.3) is 10.9 Å². The highest BCUT2D eigenvalue weighted by Crippen LogP contribution is 2.19. The highest BCUT2D eigenvalue weighted by Gasteiger charge is 2.00. The fourth-order valence-electron chi connectivity index (χ4n) is 1.71. The molecule has 0 saturated carbocycles. The van der Waals surface area contributed by atoms with Gasteiger partial charge in [0.15, 0.2) is 0 Å². The summed E-state index contributed by atoms with van der Waals surface area (Å²) in [6, 6.07) is 8.50. The third kappa shape index (κ3) is 2.81. The molecular weight excluding hydrogens is 186 g/mol. The second-order valence-corrected chi connectivity index (χ2v) is 3.46. The van der Waals surface area contributed by atoms with Crippen LogP contribution in [0.15, 0.2) is 30.5 Å². The maximum atomic E-state index is 3.30. The van der Waals surface area contributed by atoms with E-state index in [1.165, 1.54) is 35.7 Å². The maximum absolute atomic E-state index is 3.30. The summed E-state index contributed by atoms with van der Waals surface area (Å²) in [6.45, 7) is 2.23. The number of hydrogen-bond donors (Lipinski definition) is 3. The number of benzene rings is 1. The number of H-pyrrole nitrogens is 1. The van der Waals surface area contributed by atoms with Crippen molar-refractivity contribution in [2.45, 2.75) is 26.2 Å². The van der Waals surface area contributed by atoms with Crippen LogP contribution in [0.1, 0.15) is 25.3 Å². The normalized spacial score (nSPS) is 9.40. The van der Waals surface area contributed by atoms with Gasteiger partial charge in [0.25, 0.3) is 0 Å². The summed E-state index contributed by atoms with van der Waals surface area (Å²) in [4.78, 5) is 3.30. The molecule has 7 N–H and O–H groups in total. The van der Waals surface area contributed by atoms with Crippen molar-refractivity contribution in [1.29, 1.82) is 0 Å². The average molecular weight is 207 g/mol. The summed E-state index contributed by atoms with van der Waals surface area (Å²) in [5.41, 5.74) is 2.71. The maximum Gasteiger partial charge on any atom is 0.0456 e. The molecule has 0 saturated heterocycles. The molecule has 0 unspecified atom stereocenters. The Bertz CT molecular complexity index is 392. The number of unbranched alkanes of at least 4 members (excludes halogenated alkanes) is 1. The van der Waals surface area contributed by atoms with Gasteiger partial charge in [0.2, 0.25) is 0 Å². The lowest BCUT2D eigenvalue weighted by atomic mass is 10.1. The van der Waals surface area contributed by atoms with Gasteiger partial charge in [-0.15, -0.1) is 0 Å². The Morgan fingerprint density at radius 2 is 1.87 bits per heavy atom. The third-order valence-corrected chi connectivity index (χ3v) is 2.47. The summed E-state index contributed by atoms with van der Waals surface area (Å²) in [5, 5.41) is 1.39. The molecule has 0 aliphatic heterocycles. The topological polar surface area (TPSA) is 85.8 Å². The summed E-state index contributed by atoms with van der Waals surface area (Å²) in [6.07, 6.45) is 5.88. The largest absolute Gasteiger partial charge is 0.361 e.